The molecule has 5 nitrogen and oxygen atoms in total. The number of nitrogens with zero attached hydrogens (tertiary/aromatic N) is 2. The molecule has 2 aromatic carbocycles. The van der Waals surface area contributed by atoms with Crippen LogP contribution in [0.2, 0.25) is 0 Å². The largest absolute Gasteiger partial charge is 0.494 e. The van der Waals surface area contributed by atoms with Crippen molar-refractivity contribution in [3.05, 3.63) is 65.9 Å². The van der Waals surface area contributed by atoms with Crippen LogP contribution in [-0.4, -0.2) is 21.4 Å². The number of aryl methyl sites for hydroxylation is 1. The van der Waals surface area contributed by atoms with Crippen LogP contribution in [0, 0.1) is 11.3 Å². The maximum absolute atomic E-state index is 11.8. The lowest BCUT2D eigenvalue weighted by Crippen LogP contribution is -2.00. The van der Waals surface area contributed by atoms with Gasteiger partial charge in [-0.15, -0.1) is 0 Å². The van der Waals surface area contributed by atoms with Crippen molar-refractivity contribution in [3.8, 4) is 11.8 Å². The van der Waals surface area contributed by atoms with Gasteiger partial charge >= 0.3 is 0 Å². The van der Waals surface area contributed by atoms with E-state index in [1.807, 2.05) is 24.3 Å². The van der Waals surface area contributed by atoms with Crippen LogP contribution >= 0.6 is 23.5 Å². The molecule has 0 aliphatic carbocycles. The van der Waals surface area contributed by atoms with E-state index in [1.54, 1.807) is 12.1 Å². The van der Waals surface area contributed by atoms with Crippen molar-refractivity contribution in [1.82, 2.24) is 4.57 Å². The number of carbonyl (C=O) groups is 2. The molecule has 0 aliphatic rings. The van der Waals surface area contributed by atoms with Gasteiger partial charge in [0, 0.05) is 43.1 Å². The predicted octanol–water partition coefficient (Wildman–Crippen LogP) is 6.32. The smallest absolute Gasteiger partial charge is 0.187 e. The normalized spacial score (nSPS) is 10.9. The fourth-order valence-corrected chi connectivity index (χ4v) is 5.72. The Morgan fingerprint density at radius 3 is 2.34 bits per heavy atom. The summed E-state index contributed by atoms with van der Waals surface area (Å²) in [5.41, 5.74) is 2.76. The molecule has 32 heavy (non-hydrogen) atoms. The molecule has 0 N–H and O–H groups in total. The van der Waals surface area contributed by atoms with Gasteiger partial charge in [-0.05, 0) is 49.6 Å². The first-order valence-electron chi connectivity index (χ1n) is 10.5. The number of hydrogen-bond donors (Lipinski definition) is 0. The van der Waals surface area contributed by atoms with Gasteiger partial charge in [0.2, 0.25) is 0 Å². The van der Waals surface area contributed by atoms with Gasteiger partial charge in [0.25, 0.3) is 0 Å². The minimum Gasteiger partial charge on any atom is -0.494 e. The number of fused-ring (bicyclic) bond motifs is 1. The maximum Gasteiger partial charge on any atom is 0.187 e. The number of carbonyl (C=O) groups excluding carboxylic acids is 2. The van der Waals surface area contributed by atoms with Crippen molar-refractivity contribution in [2.24, 2.45) is 0 Å². The average Bonchev–Trinajstić information content (AvgIpc) is 3.14. The van der Waals surface area contributed by atoms with E-state index in [9.17, 15) is 9.59 Å². The van der Waals surface area contributed by atoms with Gasteiger partial charge in [-0.2, -0.15) is 5.26 Å². The molecule has 0 fully saturated rings. The summed E-state index contributed by atoms with van der Waals surface area (Å²) < 4.78 is 7.74. The van der Waals surface area contributed by atoms with Gasteiger partial charge < -0.3 is 9.30 Å². The van der Waals surface area contributed by atoms with Gasteiger partial charge in [0.05, 0.1) is 22.8 Å². The highest BCUT2D eigenvalue weighted by atomic mass is 32.2. The number of aromatic nitrogens is 1. The third-order valence-electron chi connectivity index (χ3n) is 4.91. The summed E-state index contributed by atoms with van der Waals surface area (Å²) in [4.78, 5) is 23.5. The van der Waals surface area contributed by atoms with Crippen LogP contribution in [0.15, 0.2) is 54.7 Å². The molecule has 3 rings (SSSR count). The second-order valence-electron chi connectivity index (χ2n) is 7.39. The van der Waals surface area contributed by atoms with Gasteiger partial charge in [-0.1, -0.05) is 41.7 Å². The SMILES string of the molecule is CC(=O)SC(SC(C)=O)c1cn(CCCCCOc2ccc(C#N)cc2)c2ccccc12. The van der Waals surface area contributed by atoms with Crippen LogP contribution in [0.5, 0.6) is 5.75 Å². The molecule has 166 valence electrons. The van der Waals surface area contributed by atoms with E-state index < -0.39 is 0 Å². The number of ether oxygens (including phenoxy) is 1. The Morgan fingerprint density at radius 1 is 1.00 bits per heavy atom. The van der Waals surface area contributed by atoms with Crippen molar-refractivity contribution in [2.45, 2.75) is 44.2 Å². The molecule has 0 radical (unpaired) electrons. The molecule has 0 saturated carbocycles. The first-order valence-corrected chi connectivity index (χ1v) is 12.3. The molecule has 0 bridgehead atoms. The number of nitriles is 1. The van der Waals surface area contributed by atoms with E-state index in [-0.39, 0.29) is 14.8 Å². The molecule has 0 amide bonds. The molecule has 7 heteroatoms. The lowest BCUT2D eigenvalue weighted by atomic mass is 10.2. The summed E-state index contributed by atoms with van der Waals surface area (Å²) >= 11 is 2.40. The molecule has 0 unspecified atom stereocenters. The molecular weight excluding hydrogens is 440 g/mol. The Kier molecular flexibility index (Phi) is 8.83. The molecule has 0 spiro atoms. The van der Waals surface area contributed by atoms with Crippen LogP contribution in [-0.2, 0) is 16.1 Å². The molecule has 0 saturated heterocycles. The Bertz CT molecular complexity index is 1100. The van der Waals surface area contributed by atoms with Crippen LogP contribution in [0.25, 0.3) is 10.9 Å². The number of rotatable bonds is 10. The summed E-state index contributed by atoms with van der Waals surface area (Å²) in [5, 5.41) is 9.94. The first-order chi connectivity index (χ1) is 15.5. The van der Waals surface area contributed by atoms with Gasteiger partial charge in [0.1, 0.15) is 5.75 Å². The molecule has 1 aromatic heterocycles. The number of benzene rings is 2. The van der Waals surface area contributed by atoms with Crippen molar-refractivity contribution in [3.63, 3.8) is 0 Å². The molecule has 0 atom stereocenters. The average molecular weight is 467 g/mol. The number of unbranched alkanes of at least 4 members (excludes halogenated alkanes) is 2. The minimum absolute atomic E-state index is 0.00263. The molecule has 1 heterocycles. The number of para-hydroxylation sites is 1. The lowest BCUT2D eigenvalue weighted by molar-refractivity contribution is -0.109. The Labute approximate surface area is 197 Å². The fourth-order valence-electron chi connectivity index (χ4n) is 3.48. The summed E-state index contributed by atoms with van der Waals surface area (Å²) in [6.07, 6.45) is 5.05. The maximum atomic E-state index is 11.8. The van der Waals surface area contributed by atoms with Crippen molar-refractivity contribution in [2.75, 3.05) is 6.61 Å². The third-order valence-corrected chi connectivity index (χ3v) is 7.09. The van der Waals surface area contributed by atoms with Crippen molar-refractivity contribution < 1.29 is 14.3 Å². The van der Waals surface area contributed by atoms with Gasteiger partial charge in [0.15, 0.2) is 10.2 Å². The zero-order valence-electron chi connectivity index (χ0n) is 18.2. The van der Waals surface area contributed by atoms with Crippen molar-refractivity contribution >= 4 is 44.7 Å². The van der Waals surface area contributed by atoms with Gasteiger partial charge in [-0.3, -0.25) is 9.59 Å². The quantitative estimate of drug-likeness (QED) is 0.257. The highest BCUT2D eigenvalue weighted by Gasteiger charge is 2.22. The highest BCUT2D eigenvalue weighted by Crippen LogP contribution is 2.43. The second-order valence-corrected chi connectivity index (χ2v) is 10.3. The Balaban J connectivity index is 1.59. The van der Waals surface area contributed by atoms with Crippen molar-refractivity contribution in [1.29, 1.82) is 5.26 Å². The molecular formula is C25H26N2O3S2. The van der Waals surface area contributed by atoms with Crippen LogP contribution in [0.4, 0.5) is 0 Å². The molecule has 3 aromatic rings. The lowest BCUT2D eigenvalue weighted by Gasteiger charge is -2.11. The fraction of sp³-hybridized carbons (Fsp3) is 0.320. The highest BCUT2D eigenvalue weighted by molar-refractivity contribution is 8.29. The summed E-state index contributed by atoms with van der Waals surface area (Å²) in [6.45, 7) is 4.57. The van der Waals surface area contributed by atoms with Crippen LogP contribution < -0.4 is 4.74 Å². The monoisotopic (exact) mass is 466 g/mol. The van der Waals surface area contributed by atoms with Gasteiger partial charge in [-0.25, -0.2) is 0 Å². The summed E-state index contributed by atoms with van der Waals surface area (Å²) in [7, 11) is 0. The van der Waals surface area contributed by atoms with E-state index in [4.69, 9.17) is 10.00 Å². The third kappa shape index (κ3) is 6.65. The Hall–Kier alpha value is -2.69. The zero-order valence-corrected chi connectivity index (χ0v) is 19.9. The summed E-state index contributed by atoms with van der Waals surface area (Å²) in [5.74, 6) is 0.780. The predicted molar refractivity (Wildman–Crippen MR) is 132 cm³/mol. The number of hydrogen-bond acceptors (Lipinski definition) is 6. The van der Waals surface area contributed by atoms with Crippen LogP contribution in [0.1, 0.15) is 48.8 Å². The van der Waals surface area contributed by atoms with E-state index >= 15 is 0 Å². The first kappa shape index (κ1) is 24.0. The second kappa shape index (κ2) is 11.8. The van der Waals surface area contributed by atoms with E-state index in [1.165, 1.54) is 37.4 Å². The minimum atomic E-state index is -0.239. The standard InChI is InChI=1S/C25H26N2O3S2/c1-18(28)31-25(32-19(2)29)23-17-27(24-9-5-4-8-22(23)24)14-6-3-7-15-30-21-12-10-20(16-26)11-13-21/h4-5,8-13,17,25H,3,6-7,14-15H2,1-2H3. The van der Waals surface area contributed by atoms with Crippen LogP contribution in [0.3, 0.4) is 0 Å². The number of thioether (sulfide) groups is 2. The Morgan fingerprint density at radius 2 is 1.69 bits per heavy atom. The molecule has 0 aliphatic heterocycles. The topological polar surface area (TPSA) is 72.1 Å². The zero-order chi connectivity index (χ0) is 22.9. The van der Waals surface area contributed by atoms with E-state index in [2.05, 4.69) is 29.0 Å². The van der Waals surface area contributed by atoms with E-state index in [0.29, 0.717) is 12.2 Å². The van der Waals surface area contributed by atoms with E-state index in [0.717, 1.165) is 48.0 Å². The summed E-state index contributed by atoms with van der Waals surface area (Å²) in [6, 6.07) is 17.4.